The number of anilines is 1. The molecule has 0 bridgehead atoms. The second-order valence-corrected chi connectivity index (χ2v) is 11.8. The first kappa shape index (κ1) is 23.1. The van der Waals surface area contributed by atoms with Crippen LogP contribution in [0.15, 0.2) is 35.4 Å². The highest BCUT2D eigenvalue weighted by Gasteiger charge is 2.37. The van der Waals surface area contributed by atoms with Gasteiger partial charge in [0.05, 0.1) is 22.3 Å². The van der Waals surface area contributed by atoms with E-state index in [2.05, 4.69) is 20.5 Å². The normalized spacial score (nSPS) is 19.6. The lowest BCUT2D eigenvalue weighted by Gasteiger charge is -2.22. The fraction of sp³-hybridized carbons (Fsp3) is 0.476. The molecule has 1 amide bonds. The average molecular weight is 497 g/mol. The minimum Gasteiger partial charge on any atom is -0.366 e. The van der Waals surface area contributed by atoms with Gasteiger partial charge >= 0.3 is 0 Å². The number of aromatic nitrogens is 1. The molecule has 0 unspecified atom stereocenters. The number of hydrogen-bond acceptors (Lipinski definition) is 6. The Morgan fingerprint density at radius 3 is 2.62 bits per heavy atom. The van der Waals surface area contributed by atoms with E-state index >= 15 is 0 Å². The molecule has 2 aliphatic rings. The van der Waals surface area contributed by atoms with E-state index < -0.39 is 20.9 Å². The van der Waals surface area contributed by atoms with Crippen molar-refractivity contribution in [3.05, 3.63) is 41.2 Å². The van der Waals surface area contributed by atoms with Crippen molar-refractivity contribution in [1.29, 1.82) is 0 Å². The van der Waals surface area contributed by atoms with Crippen molar-refractivity contribution < 1.29 is 17.6 Å². The zero-order valence-electron chi connectivity index (χ0n) is 17.6. The van der Waals surface area contributed by atoms with Gasteiger partial charge in [-0.25, -0.2) is 13.4 Å². The van der Waals surface area contributed by atoms with Crippen LogP contribution in [0.3, 0.4) is 0 Å². The van der Waals surface area contributed by atoms with Crippen LogP contribution >= 0.6 is 23.6 Å². The van der Waals surface area contributed by atoms with Gasteiger partial charge in [0.2, 0.25) is 5.91 Å². The Morgan fingerprint density at radius 1 is 1.31 bits per heavy atom. The molecule has 2 fully saturated rings. The number of carbonyl (C=O) groups excluding carboxylic acids is 1. The van der Waals surface area contributed by atoms with Gasteiger partial charge in [-0.3, -0.25) is 4.79 Å². The van der Waals surface area contributed by atoms with Crippen molar-refractivity contribution in [2.45, 2.75) is 41.7 Å². The number of sulfone groups is 1. The van der Waals surface area contributed by atoms with E-state index in [1.54, 1.807) is 31.3 Å². The van der Waals surface area contributed by atoms with Crippen LogP contribution in [-0.2, 0) is 14.6 Å². The molecule has 4 rings (SSSR count). The summed E-state index contributed by atoms with van der Waals surface area (Å²) in [6, 6.07) is 6.60. The van der Waals surface area contributed by atoms with E-state index in [-0.39, 0.29) is 27.1 Å². The van der Waals surface area contributed by atoms with Crippen molar-refractivity contribution in [3.63, 3.8) is 0 Å². The number of thiazole rings is 1. The molecule has 2 atom stereocenters. The number of amides is 1. The topological polar surface area (TPSA) is 91.4 Å². The summed E-state index contributed by atoms with van der Waals surface area (Å²) in [6.07, 6.45) is 3.93. The van der Waals surface area contributed by atoms with Crippen molar-refractivity contribution in [1.82, 2.24) is 15.2 Å². The second kappa shape index (κ2) is 9.40. The molecule has 0 spiro atoms. The Morgan fingerprint density at radius 2 is 2.03 bits per heavy atom. The summed E-state index contributed by atoms with van der Waals surface area (Å²) in [7, 11) is -1.51. The largest absolute Gasteiger partial charge is 0.366 e. The molecular weight excluding hydrogens is 471 g/mol. The van der Waals surface area contributed by atoms with Gasteiger partial charge in [-0.2, -0.15) is 4.39 Å². The fourth-order valence-electron chi connectivity index (χ4n) is 4.06. The quantitative estimate of drug-likeness (QED) is 0.569. The molecule has 7 nitrogen and oxygen atoms in total. The third kappa shape index (κ3) is 5.10. The lowest BCUT2D eigenvalue weighted by Crippen LogP contribution is -2.36. The highest BCUT2D eigenvalue weighted by Crippen LogP contribution is 2.35. The number of carbonyl (C=O) groups is 1. The number of nitrogens with zero attached hydrogens (tertiary/aromatic N) is 2. The van der Waals surface area contributed by atoms with Crippen LogP contribution in [0.4, 0.5) is 9.52 Å². The molecule has 2 aromatic rings. The van der Waals surface area contributed by atoms with Gasteiger partial charge in [0.1, 0.15) is 0 Å². The highest BCUT2D eigenvalue weighted by molar-refractivity contribution is 7.92. The third-order valence-electron chi connectivity index (χ3n) is 5.95. The van der Waals surface area contributed by atoms with E-state index in [1.165, 1.54) is 0 Å². The molecule has 1 aromatic carbocycles. The van der Waals surface area contributed by atoms with Crippen LogP contribution in [0, 0.1) is 11.0 Å². The van der Waals surface area contributed by atoms with Crippen molar-refractivity contribution in [2.75, 3.05) is 25.5 Å². The number of nitrogens with one attached hydrogen (secondary N) is 2. The molecule has 32 heavy (non-hydrogen) atoms. The van der Waals surface area contributed by atoms with Gasteiger partial charge in [-0.15, -0.1) is 0 Å². The van der Waals surface area contributed by atoms with E-state index in [1.807, 2.05) is 0 Å². The Kier molecular flexibility index (Phi) is 6.78. The van der Waals surface area contributed by atoms with Gasteiger partial charge in [0, 0.05) is 20.1 Å². The Bertz CT molecular complexity index is 1100. The average Bonchev–Trinajstić information content (AvgIpc) is 3.42. The summed E-state index contributed by atoms with van der Waals surface area (Å²) in [5, 5.41) is 5.82. The highest BCUT2D eigenvalue weighted by atomic mass is 32.2. The molecule has 2 heterocycles. The maximum atomic E-state index is 13.3. The summed E-state index contributed by atoms with van der Waals surface area (Å²) in [6.45, 7) is 1.55. The van der Waals surface area contributed by atoms with Crippen LogP contribution in [0.25, 0.3) is 0 Å². The van der Waals surface area contributed by atoms with Crippen LogP contribution in [0.1, 0.15) is 37.2 Å². The molecule has 1 saturated heterocycles. The minimum atomic E-state index is -3.29. The molecule has 1 aliphatic heterocycles. The molecule has 1 aromatic heterocycles. The number of thiocarbonyl (C=S) groups is 1. The van der Waals surface area contributed by atoms with Crippen molar-refractivity contribution in [2.24, 2.45) is 5.92 Å². The first-order chi connectivity index (χ1) is 15.3. The van der Waals surface area contributed by atoms with E-state index in [4.69, 9.17) is 12.2 Å². The monoisotopic (exact) mass is 496 g/mol. The summed E-state index contributed by atoms with van der Waals surface area (Å²) in [5.74, 6) is -0.570. The number of halogens is 1. The minimum absolute atomic E-state index is 0.204. The van der Waals surface area contributed by atoms with Gasteiger partial charge in [0.15, 0.2) is 25.2 Å². The summed E-state index contributed by atoms with van der Waals surface area (Å²) >= 11 is 6.10. The van der Waals surface area contributed by atoms with E-state index in [0.29, 0.717) is 24.4 Å². The number of likely N-dealkylation sites (tertiary alicyclic amines) is 1. The van der Waals surface area contributed by atoms with Gasteiger partial charge < -0.3 is 15.5 Å². The molecule has 172 valence electrons. The smallest absolute Gasteiger partial charge is 0.233 e. The SMILES string of the molecule is CNC(=S)N1CC[C@H](C[C@@H](C(=O)Nc2ncc(F)s2)c2ccc(S(=O)(=O)C3CC3)cc2)C1. The number of rotatable bonds is 7. The molecule has 1 aliphatic carbocycles. The summed E-state index contributed by atoms with van der Waals surface area (Å²) in [4.78, 5) is 19.4. The van der Waals surface area contributed by atoms with Crippen molar-refractivity contribution in [3.8, 4) is 0 Å². The lowest BCUT2D eigenvalue weighted by molar-refractivity contribution is -0.118. The number of hydrogen-bond donors (Lipinski definition) is 2. The molecule has 11 heteroatoms. The second-order valence-electron chi connectivity index (χ2n) is 8.22. The fourth-order valence-corrected chi connectivity index (χ4v) is 6.43. The lowest BCUT2D eigenvalue weighted by atomic mass is 9.87. The van der Waals surface area contributed by atoms with Crippen LogP contribution in [-0.4, -0.2) is 54.7 Å². The van der Waals surface area contributed by atoms with Crippen LogP contribution in [0.2, 0.25) is 0 Å². The van der Waals surface area contributed by atoms with Gasteiger partial charge in [-0.1, -0.05) is 23.5 Å². The number of benzene rings is 1. The Labute approximate surface area is 196 Å². The predicted molar refractivity (Wildman–Crippen MR) is 126 cm³/mol. The molecule has 0 radical (unpaired) electrons. The predicted octanol–water partition coefficient (Wildman–Crippen LogP) is 3.16. The van der Waals surface area contributed by atoms with E-state index in [0.717, 1.165) is 42.6 Å². The first-order valence-corrected chi connectivity index (χ1v) is 13.3. The maximum absolute atomic E-state index is 13.3. The van der Waals surface area contributed by atoms with Crippen molar-refractivity contribution >= 4 is 49.5 Å². The Balaban J connectivity index is 1.54. The first-order valence-electron chi connectivity index (χ1n) is 10.5. The van der Waals surface area contributed by atoms with Gasteiger partial charge in [0.25, 0.3) is 0 Å². The molecule has 2 N–H and O–H groups in total. The molecular formula is C21H25FN4O3S3. The van der Waals surface area contributed by atoms with Crippen LogP contribution < -0.4 is 10.6 Å². The van der Waals surface area contributed by atoms with Crippen LogP contribution in [0.5, 0.6) is 0 Å². The Hall–Kier alpha value is -2.11. The van der Waals surface area contributed by atoms with Gasteiger partial charge in [-0.05, 0) is 61.5 Å². The standard InChI is InChI=1S/C21H25FN4O3S3/c1-23-21(30)26-9-8-13(12-26)10-17(19(27)25-20-24-11-18(22)31-20)14-2-4-15(5-3-14)32(28,29)16-6-7-16/h2-5,11,13,16-17H,6-10,12H2,1H3,(H,23,30)(H,24,25,27)/t13-,17-/m1/s1. The maximum Gasteiger partial charge on any atom is 0.233 e. The zero-order chi connectivity index (χ0) is 22.9. The summed E-state index contributed by atoms with van der Waals surface area (Å²) < 4.78 is 38.4. The van der Waals surface area contributed by atoms with E-state index in [9.17, 15) is 17.6 Å². The summed E-state index contributed by atoms with van der Waals surface area (Å²) in [5.41, 5.74) is 0.726. The molecule has 1 saturated carbocycles. The third-order valence-corrected chi connectivity index (χ3v) is 9.40. The zero-order valence-corrected chi connectivity index (χ0v) is 20.0.